The molecule has 1 atom stereocenters. The first kappa shape index (κ1) is 19.0. The number of aryl methyl sites for hydroxylation is 1. The fraction of sp³-hybridized carbons (Fsp3) is 0.286. The summed E-state index contributed by atoms with van der Waals surface area (Å²) in [7, 11) is 0. The molecule has 1 fully saturated rings. The van der Waals surface area contributed by atoms with Gasteiger partial charge in [-0.3, -0.25) is 19.3 Å². The number of amides is 3. The summed E-state index contributed by atoms with van der Waals surface area (Å²) in [6.45, 7) is 0.104. The predicted octanol–water partition coefficient (Wildman–Crippen LogP) is 4.37. The SMILES string of the molecule is O=C(CCN1C(=O)S/C(=C\c2cccs2)C1=O)N[C@@H]1CCCc2ccccc21. The molecule has 0 unspecified atom stereocenters. The number of rotatable bonds is 5. The van der Waals surface area contributed by atoms with Crippen LogP contribution in [-0.4, -0.2) is 28.5 Å². The van der Waals surface area contributed by atoms with E-state index in [4.69, 9.17) is 0 Å². The van der Waals surface area contributed by atoms with Gasteiger partial charge >= 0.3 is 0 Å². The van der Waals surface area contributed by atoms with Crippen molar-refractivity contribution < 1.29 is 14.4 Å². The lowest BCUT2D eigenvalue weighted by atomic mass is 9.87. The van der Waals surface area contributed by atoms with Crippen LogP contribution in [-0.2, 0) is 16.0 Å². The Morgan fingerprint density at radius 3 is 2.89 bits per heavy atom. The van der Waals surface area contributed by atoms with E-state index in [0.29, 0.717) is 4.91 Å². The van der Waals surface area contributed by atoms with Crippen molar-refractivity contribution in [1.82, 2.24) is 10.2 Å². The van der Waals surface area contributed by atoms with Crippen LogP contribution in [0.3, 0.4) is 0 Å². The number of nitrogens with zero attached hydrogens (tertiary/aromatic N) is 1. The summed E-state index contributed by atoms with van der Waals surface area (Å²) in [4.78, 5) is 39.6. The minimum Gasteiger partial charge on any atom is -0.349 e. The van der Waals surface area contributed by atoms with Gasteiger partial charge in [-0.05, 0) is 59.7 Å². The molecule has 1 N–H and O–H groups in total. The molecular weight excluding hydrogens is 392 g/mol. The number of nitrogens with one attached hydrogen (secondary N) is 1. The van der Waals surface area contributed by atoms with Gasteiger partial charge in [0.25, 0.3) is 11.1 Å². The van der Waals surface area contributed by atoms with Crippen LogP contribution >= 0.6 is 23.1 Å². The third kappa shape index (κ3) is 4.05. The molecule has 28 heavy (non-hydrogen) atoms. The van der Waals surface area contributed by atoms with Crippen LogP contribution in [0.25, 0.3) is 6.08 Å². The molecular formula is C21H20N2O3S2. The molecule has 2 aliphatic rings. The maximum atomic E-state index is 12.5. The first-order chi connectivity index (χ1) is 13.6. The number of hydrogen-bond donors (Lipinski definition) is 1. The van der Waals surface area contributed by atoms with Crippen LogP contribution in [0.4, 0.5) is 4.79 Å². The lowest BCUT2D eigenvalue weighted by molar-refractivity contribution is -0.124. The van der Waals surface area contributed by atoms with Gasteiger partial charge in [-0.25, -0.2) is 0 Å². The zero-order valence-electron chi connectivity index (χ0n) is 15.2. The Hall–Kier alpha value is -2.38. The normalized spacial score (nSPS) is 20.5. The first-order valence-corrected chi connectivity index (χ1v) is 11.0. The molecule has 1 aliphatic carbocycles. The number of thioether (sulfide) groups is 1. The second-order valence-corrected chi connectivity index (χ2v) is 8.78. The van der Waals surface area contributed by atoms with Gasteiger partial charge in [0.05, 0.1) is 10.9 Å². The second kappa shape index (κ2) is 8.32. The number of hydrogen-bond acceptors (Lipinski definition) is 5. The molecule has 1 aliphatic heterocycles. The summed E-state index contributed by atoms with van der Waals surface area (Å²) in [6, 6.07) is 12.0. The quantitative estimate of drug-likeness (QED) is 0.741. The van der Waals surface area contributed by atoms with Crippen molar-refractivity contribution in [2.24, 2.45) is 0 Å². The van der Waals surface area contributed by atoms with E-state index in [0.717, 1.165) is 35.9 Å². The highest BCUT2D eigenvalue weighted by Gasteiger charge is 2.35. The van der Waals surface area contributed by atoms with Crippen LogP contribution in [0.5, 0.6) is 0 Å². The van der Waals surface area contributed by atoms with E-state index in [1.807, 2.05) is 29.6 Å². The van der Waals surface area contributed by atoms with Crippen LogP contribution in [0.15, 0.2) is 46.7 Å². The molecule has 1 saturated heterocycles. The lowest BCUT2D eigenvalue weighted by Gasteiger charge is -2.26. The summed E-state index contributed by atoms with van der Waals surface area (Å²) < 4.78 is 0. The monoisotopic (exact) mass is 412 g/mol. The summed E-state index contributed by atoms with van der Waals surface area (Å²) in [5, 5.41) is 4.67. The molecule has 0 saturated carbocycles. The molecule has 2 aromatic rings. The predicted molar refractivity (Wildman–Crippen MR) is 112 cm³/mol. The lowest BCUT2D eigenvalue weighted by Crippen LogP contribution is -2.35. The van der Waals surface area contributed by atoms with Crippen molar-refractivity contribution in [3.8, 4) is 0 Å². The fourth-order valence-corrected chi connectivity index (χ4v) is 5.17. The summed E-state index contributed by atoms with van der Waals surface area (Å²) in [5.74, 6) is -0.456. The van der Waals surface area contributed by atoms with Gasteiger partial charge in [0, 0.05) is 17.8 Å². The molecule has 3 amide bonds. The maximum Gasteiger partial charge on any atom is 0.293 e. The summed E-state index contributed by atoms with van der Waals surface area (Å²) in [5.41, 5.74) is 2.45. The number of carbonyl (C=O) groups excluding carboxylic acids is 3. The van der Waals surface area contributed by atoms with E-state index in [2.05, 4.69) is 17.4 Å². The molecule has 0 bridgehead atoms. The molecule has 144 valence electrons. The van der Waals surface area contributed by atoms with E-state index < -0.39 is 0 Å². The van der Waals surface area contributed by atoms with E-state index >= 15 is 0 Å². The zero-order chi connectivity index (χ0) is 19.5. The Kier molecular flexibility index (Phi) is 5.64. The van der Waals surface area contributed by atoms with Crippen molar-refractivity contribution in [2.75, 3.05) is 6.54 Å². The first-order valence-electron chi connectivity index (χ1n) is 9.28. The standard InChI is InChI=1S/C21H20N2O3S2/c24-19(22-17-9-3-6-14-5-1-2-8-16(14)17)10-11-23-20(25)18(28-21(23)26)13-15-7-4-12-27-15/h1-2,4-5,7-8,12-13,17H,3,6,9-11H2,(H,22,24)/b18-13-/t17-/m1/s1. The summed E-state index contributed by atoms with van der Waals surface area (Å²) in [6.07, 6.45) is 4.83. The van der Waals surface area contributed by atoms with E-state index in [1.54, 1.807) is 6.08 Å². The Bertz CT molecular complexity index is 937. The van der Waals surface area contributed by atoms with Gasteiger partial charge in [-0.15, -0.1) is 11.3 Å². The molecule has 4 rings (SSSR count). The Morgan fingerprint density at radius 1 is 1.21 bits per heavy atom. The highest BCUT2D eigenvalue weighted by Crippen LogP contribution is 2.33. The van der Waals surface area contributed by atoms with Crippen LogP contribution in [0.1, 0.15) is 41.3 Å². The molecule has 5 nitrogen and oxygen atoms in total. The van der Waals surface area contributed by atoms with Crippen LogP contribution in [0, 0.1) is 0 Å². The van der Waals surface area contributed by atoms with E-state index in [1.165, 1.54) is 27.4 Å². The highest BCUT2D eigenvalue weighted by atomic mass is 32.2. The van der Waals surface area contributed by atoms with Crippen LogP contribution < -0.4 is 5.32 Å². The third-order valence-electron chi connectivity index (χ3n) is 4.96. The third-order valence-corrected chi connectivity index (χ3v) is 6.68. The van der Waals surface area contributed by atoms with Gasteiger partial charge in [0.15, 0.2) is 0 Å². The van der Waals surface area contributed by atoms with Crippen molar-refractivity contribution in [3.05, 3.63) is 62.7 Å². The number of carbonyl (C=O) groups is 3. The van der Waals surface area contributed by atoms with Gasteiger partial charge in [0.2, 0.25) is 5.91 Å². The van der Waals surface area contributed by atoms with Gasteiger partial charge in [0.1, 0.15) is 0 Å². The minimum absolute atomic E-state index is 0.00564. The molecule has 0 spiro atoms. The van der Waals surface area contributed by atoms with Crippen molar-refractivity contribution >= 4 is 46.2 Å². The zero-order valence-corrected chi connectivity index (χ0v) is 16.9. The second-order valence-electron chi connectivity index (χ2n) is 6.81. The fourth-order valence-electron chi connectivity index (χ4n) is 3.58. The molecule has 7 heteroatoms. The molecule has 2 heterocycles. The van der Waals surface area contributed by atoms with Gasteiger partial charge in [-0.2, -0.15) is 0 Å². The Labute approximate surface area is 171 Å². The van der Waals surface area contributed by atoms with Crippen LogP contribution in [0.2, 0.25) is 0 Å². The van der Waals surface area contributed by atoms with Gasteiger partial charge in [-0.1, -0.05) is 30.3 Å². The average Bonchev–Trinajstić information content (AvgIpc) is 3.29. The smallest absolute Gasteiger partial charge is 0.293 e. The maximum absolute atomic E-state index is 12.5. The largest absolute Gasteiger partial charge is 0.349 e. The topological polar surface area (TPSA) is 66.5 Å². The Balaban J connectivity index is 1.35. The molecule has 0 radical (unpaired) electrons. The average molecular weight is 413 g/mol. The number of benzene rings is 1. The van der Waals surface area contributed by atoms with E-state index in [-0.39, 0.29) is 36.1 Å². The van der Waals surface area contributed by atoms with Crippen molar-refractivity contribution in [3.63, 3.8) is 0 Å². The minimum atomic E-state index is -0.320. The van der Waals surface area contributed by atoms with Crippen molar-refractivity contribution in [1.29, 1.82) is 0 Å². The summed E-state index contributed by atoms with van der Waals surface area (Å²) >= 11 is 2.44. The molecule has 1 aromatic carbocycles. The molecule has 1 aromatic heterocycles. The Morgan fingerprint density at radius 2 is 2.07 bits per heavy atom. The van der Waals surface area contributed by atoms with Gasteiger partial charge < -0.3 is 5.32 Å². The number of imide groups is 1. The van der Waals surface area contributed by atoms with E-state index in [9.17, 15) is 14.4 Å². The number of thiophene rings is 1. The number of fused-ring (bicyclic) bond motifs is 1. The van der Waals surface area contributed by atoms with Crippen molar-refractivity contribution in [2.45, 2.75) is 31.7 Å². The highest BCUT2D eigenvalue weighted by molar-refractivity contribution is 8.18.